The first-order valence-electron chi connectivity index (χ1n) is 8.67. The van der Waals surface area contributed by atoms with Gasteiger partial charge in [-0.3, -0.25) is 0 Å². The summed E-state index contributed by atoms with van der Waals surface area (Å²) in [6.07, 6.45) is 10.8. The average Bonchev–Trinajstić information content (AvgIpc) is 3.22. The maximum atomic E-state index is 12.3. The van der Waals surface area contributed by atoms with Gasteiger partial charge in [-0.15, -0.1) is 0 Å². The highest BCUT2D eigenvalue weighted by Crippen LogP contribution is 2.42. The monoisotopic (exact) mass is 305 g/mol. The van der Waals surface area contributed by atoms with Crippen LogP contribution in [0.4, 0.5) is 0 Å². The highest BCUT2D eigenvalue weighted by atomic mass is 16.6. The highest BCUT2D eigenvalue weighted by Gasteiger charge is 2.39. The molecule has 0 bridgehead atoms. The van der Waals surface area contributed by atoms with Gasteiger partial charge in [0, 0.05) is 5.57 Å². The Balaban J connectivity index is 1.68. The van der Waals surface area contributed by atoms with Gasteiger partial charge in [-0.05, 0) is 55.1 Å². The number of hydrogen-bond acceptors (Lipinski definition) is 3. The number of carbonyl (C=O) groups is 1. The van der Waals surface area contributed by atoms with Crippen molar-refractivity contribution in [3.8, 4) is 0 Å². The minimum Gasteiger partial charge on any atom is -0.628 e. The first kappa shape index (κ1) is 15.8. The molecular weight excluding hydrogens is 278 g/mol. The predicted molar refractivity (Wildman–Crippen MR) is 84.8 cm³/mol. The lowest BCUT2D eigenvalue weighted by atomic mass is 9.91. The second kappa shape index (κ2) is 6.55. The van der Waals surface area contributed by atoms with Crippen LogP contribution in [0.25, 0.3) is 0 Å². The lowest BCUT2D eigenvalue weighted by molar-refractivity contribution is -0.806. The molecule has 2 unspecified atom stereocenters. The Morgan fingerprint density at radius 2 is 2.14 bits per heavy atom. The Kier molecular flexibility index (Phi) is 4.69. The first-order valence-corrected chi connectivity index (χ1v) is 8.67. The molecule has 122 valence electrons. The van der Waals surface area contributed by atoms with E-state index in [2.05, 4.69) is 0 Å². The molecule has 0 saturated heterocycles. The summed E-state index contributed by atoms with van der Waals surface area (Å²) in [5.74, 6) is 1.42. The fourth-order valence-corrected chi connectivity index (χ4v) is 3.62. The molecule has 0 aromatic rings. The van der Waals surface area contributed by atoms with Crippen LogP contribution in [-0.4, -0.2) is 18.6 Å². The number of esters is 1. The maximum absolute atomic E-state index is 12.3. The molecule has 1 fully saturated rings. The van der Waals surface area contributed by atoms with E-state index in [-0.39, 0.29) is 11.0 Å². The molecule has 3 atom stereocenters. The Morgan fingerprint density at radius 1 is 1.36 bits per heavy atom. The average molecular weight is 305 g/mol. The molecule has 0 aromatic heterocycles. The van der Waals surface area contributed by atoms with Gasteiger partial charge in [-0.1, -0.05) is 26.7 Å². The van der Waals surface area contributed by atoms with Gasteiger partial charge in [0.2, 0.25) is 6.04 Å². The summed E-state index contributed by atoms with van der Waals surface area (Å²) in [5, 5.41) is 12.1. The Hall–Kier alpha value is -1.13. The van der Waals surface area contributed by atoms with E-state index in [4.69, 9.17) is 4.74 Å². The lowest BCUT2D eigenvalue weighted by Gasteiger charge is -2.31. The van der Waals surface area contributed by atoms with E-state index >= 15 is 0 Å². The molecule has 0 aromatic carbocycles. The van der Waals surface area contributed by atoms with Crippen molar-refractivity contribution in [1.29, 1.82) is 0 Å². The Morgan fingerprint density at radius 3 is 2.82 bits per heavy atom. The van der Waals surface area contributed by atoms with E-state index in [0.29, 0.717) is 18.4 Å². The van der Waals surface area contributed by atoms with Crippen LogP contribution in [0.2, 0.25) is 0 Å². The third kappa shape index (κ3) is 3.44. The quantitative estimate of drug-likeness (QED) is 0.605. The molecule has 2 aliphatic carbocycles. The molecule has 3 aliphatic rings. The van der Waals surface area contributed by atoms with Gasteiger partial charge in [0.1, 0.15) is 0 Å². The van der Waals surface area contributed by atoms with Crippen molar-refractivity contribution in [2.45, 2.75) is 58.4 Å². The third-order valence-corrected chi connectivity index (χ3v) is 5.05. The molecule has 1 heterocycles. The zero-order chi connectivity index (χ0) is 15.7. The second-order valence-corrected chi connectivity index (χ2v) is 7.43. The summed E-state index contributed by atoms with van der Waals surface area (Å²) in [6.45, 7) is 4.40. The summed E-state index contributed by atoms with van der Waals surface area (Å²) in [7, 11) is 0. The fourth-order valence-electron chi connectivity index (χ4n) is 3.62. The third-order valence-electron chi connectivity index (χ3n) is 5.05. The SMILES string of the molecule is CC(C)COC(=O)C1C2=C(C=C[NH+]1[O-])[C@@H](CCC1CC1)CC2. The Labute approximate surface area is 132 Å². The zero-order valence-electron chi connectivity index (χ0n) is 13.6. The van der Waals surface area contributed by atoms with Crippen LogP contribution >= 0.6 is 0 Å². The van der Waals surface area contributed by atoms with Crippen molar-refractivity contribution < 1.29 is 14.6 Å². The van der Waals surface area contributed by atoms with E-state index in [1.807, 2.05) is 19.9 Å². The molecule has 1 saturated carbocycles. The van der Waals surface area contributed by atoms with Gasteiger partial charge in [0.05, 0.1) is 12.8 Å². The number of nitrogens with one attached hydrogen (secondary N) is 1. The molecule has 3 rings (SSSR count). The second-order valence-electron chi connectivity index (χ2n) is 7.43. The number of hydroxylamine groups is 2. The van der Waals surface area contributed by atoms with E-state index in [9.17, 15) is 10.0 Å². The predicted octanol–water partition coefficient (Wildman–Crippen LogP) is 2.36. The molecule has 0 spiro atoms. The lowest BCUT2D eigenvalue weighted by Crippen LogP contribution is -3.09. The molecule has 1 N–H and O–H groups in total. The van der Waals surface area contributed by atoms with Crippen LogP contribution in [0, 0.1) is 23.0 Å². The van der Waals surface area contributed by atoms with Crippen LogP contribution in [0.5, 0.6) is 0 Å². The minimum absolute atomic E-state index is 0.102. The maximum Gasteiger partial charge on any atom is 0.370 e. The van der Waals surface area contributed by atoms with Crippen molar-refractivity contribution in [2.75, 3.05) is 6.61 Å². The van der Waals surface area contributed by atoms with Crippen molar-refractivity contribution in [1.82, 2.24) is 0 Å². The molecule has 4 heteroatoms. The topological polar surface area (TPSA) is 53.8 Å². The van der Waals surface area contributed by atoms with Crippen LogP contribution in [0.1, 0.15) is 52.4 Å². The molecular formula is C18H27NO3. The molecule has 0 amide bonds. The summed E-state index contributed by atoms with van der Waals surface area (Å²) < 4.78 is 5.34. The van der Waals surface area contributed by atoms with Crippen molar-refractivity contribution >= 4 is 5.97 Å². The van der Waals surface area contributed by atoms with Gasteiger partial charge in [-0.2, -0.15) is 0 Å². The van der Waals surface area contributed by atoms with Crippen molar-refractivity contribution in [2.24, 2.45) is 17.8 Å². The van der Waals surface area contributed by atoms with Gasteiger partial charge < -0.3 is 15.0 Å². The normalized spacial score (nSPS) is 30.8. The smallest absolute Gasteiger partial charge is 0.370 e. The van der Waals surface area contributed by atoms with Crippen LogP contribution in [0.3, 0.4) is 0 Å². The number of carbonyl (C=O) groups excluding carboxylic acids is 1. The number of ether oxygens (including phenoxy) is 1. The Bertz CT molecular complexity index is 491. The number of rotatable bonds is 6. The van der Waals surface area contributed by atoms with Gasteiger partial charge in [0.25, 0.3) is 0 Å². The molecule has 4 nitrogen and oxygen atoms in total. The van der Waals surface area contributed by atoms with Crippen LogP contribution < -0.4 is 5.06 Å². The van der Waals surface area contributed by atoms with E-state index in [0.717, 1.165) is 24.3 Å². The summed E-state index contributed by atoms with van der Waals surface area (Å²) in [5.41, 5.74) is 2.30. The highest BCUT2D eigenvalue weighted by molar-refractivity contribution is 5.79. The van der Waals surface area contributed by atoms with E-state index in [1.54, 1.807) is 6.20 Å². The summed E-state index contributed by atoms with van der Waals surface area (Å²) in [4.78, 5) is 12.3. The van der Waals surface area contributed by atoms with Crippen molar-refractivity contribution in [3.05, 3.63) is 28.6 Å². The largest absolute Gasteiger partial charge is 0.628 e. The van der Waals surface area contributed by atoms with Crippen LogP contribution in [0.15, 0.2) is 23.4 Å². The zero-order valence-corrected chi connectivity index (χ0v) is 13.6. The van der Waals surface area contributed by atoms with Crippen LogP contribution in [-0.2, 0) is 9.53 Å². The molecule has 22 heavy (non-hydrogen) atoms. The fraction of sp³-hybridized carbons (Fsp3) is 0.722. The minimum atomic E-state index is -0.662. The van der Waals surface area contributed by atoms with Gasteiger partial charge >= 0.3 is 5.97 Å². The standard InChI is InChI=1S/C18H27NO3/c1-12(2)11-22-18(20)17-16-8-7-14(6-5-13-3-4-13)15(16)9-10-19(17)21/h9-10,12-14,17,19H,3-8,11H2,1-2H3/t14-,17?/m0/s1. The van der Waals surface area contributed by atoms with Gasteiger partial charge in [-0.25, -0.2) is 4.79 Å². The van der Waals surface area contributed by atoms with E-state index < -0.39 is 6.04 Å². The first-order chi connectivity index (χ1) is 10.6. The summed E-state index contributed by atoms with van der Waals surface area (Å²) in [6, 6.07) is -0.662. The number of quaternary nitrogens is 1. The number of allylic oxidation sites excluding steroid dienone is 2. The van der Waals surface area contributed by atoms with Crippen molar-refractivity contribution in [3.63, 3.8) is 0 Å². The molecule has 1 aliphatic heterocycles. The summed E-state index contributed by atoms with van der Waals surface area (Å²) >= 11 is 0. The number of hydrogen-bond donors (Lipinski definition) is 1. The molecule has 0 radical (unpaired) electrons. The van der Waals surface area contributed by atoms with Gasteiger partial charge in [0.15, 0.2) is 0 Å². The van der Waals surface area contributed by atoms with E-state index in [1.165, 1.54) is 31.3 Å².